The van der Waals surface area contributed by atoms with Gasteiger partial charge in [-0.2, -0.15) is 0 Å². The van der Waals surface area contributed by atoms with Gasteiger partial charge in [0, 0.05) is 6.42 Å². The van der Waals surface area contributed by atoms with Crippen molar-refractivity contribution in [2.75, 3.05) is 7.11 Å². The predicted molar refractivity (Wildman–Crippen MR) is 105 cm³/mol. The lowest BCUT2D eigenvalue weighted by molar-refractivity contribution is -0.145. The zero-order valence-corrected chi connectivity index (χ0v) is 16.0. The van der Waals surface area contributed by atoms with Crippen molar-refractivity contribution in [3.63, 3.8) is 0 Å². The third-order valence-electron chi connectivity index (χ3n) is 4.25. The monoisotopic (exact) mass is 383 g/mol. The molecule has 0 saturated heterocycles. The highest BCUT2D eigenvalue weighted by Crippen LogP contribution is 2.18. The Bertz CT molecular complexity index is 823. The molecule has 0 heterocycles. The van der Waals surface area contributed by atoms with E-state index in [0.29, 0.717) is 6.42 Å². The van der Waals surface area contributed by atoms with Crippen molar-refractivity contribution in [2.45, 2.75) is 31.8 Å². The summed E-state index contributed by atoms with van der Waals surface area (Å²) in [4.78, 5) is 36.1. The van der Waals surface area contributed by atoms with Crippen LogP contribution in [0.15, 0.2) is 54.6 Å². The Morgan fingerprint density at radius 2 is 1.75 bits per heavy atom. The van der Waals surface area contributed by atoms with Crippen molar-refractivity contribution in [1.82, 2.24) is 10.6 Å². The molecule has 7 heteroatoms. The molecule has 0 bridgehead atoms. The van der Waals surface area contributed by atoms with Crippen LogP contribution >= 0.6 is 0 Å². The summed E-state index contributed by atoms with van der Waals surface area (Å²) in [7, 11) is 1.27. The number of aryl methyl sites for hydroxylation is 1. The maximum absolute atomic E-state index is 12.6. The number of hydrogen-bond donors (Lipinski definition) is 3. The van der Waals surface area contributed by atoms with Crippen LogP contribution in [0.5, 0.6) is 0 Å². The smallest absolute Gasteiger partial charge is 0.328 e. The molecular weight excluding hydrogens is 358 g/mol. The number of carbonyl (C=O) groups is 3. The van der Waals surface area contributed by atoms with E-state index in [1.54, 1.807) is 0 Å². The van der Waals surface area contributed by atoms with Crippen LogP contribution in [0, 0.1) is 6.92 Å². The molecule has 4 N–H and O–H groups in total. The predicted octanol–water partition coefficient (Wildman–Crippen LogP) is 2.00. The van der Waals surface area contributed by atoms with Crippen LogP contribution in [0.2, 0.25) is 0 Å². The van der Waals surface area contributed by atoms with Crippen molar-refractivity contribution < 1.29 is 19.1 Å². The van der Waals surface area contributed by atoms with E-state index in [4.69, 9.17) is 10.5 Å². The minimum absolute atomic E-state index is 0.0608. The molecule has 0 unspecified atom stereocenters. The number of primary amides is 1. The van der Waals surface area contributed by atoms with Gasteiger partial charge in [-0.15, -0.1) is 0 Å². The van der Waals surface area contributed by atoms with Gasteiger partial charge in [-0.25, -0.2) is 9.59 Å². The lowest BCUT2D eigenvalue weighted by atomic mass is 10.0. The van der Waals surface area contributed by atoms with Crippen LogP contribution < -0.4 is 16.4 Å². The Kier molecular flexibility index (Phi) is 7.56. The standard InChI is InChI=1S/C21H25N3O4/c1-14-7-6-10-16(11-14)17(24-21(22)27)13-19(25)23-18(20(26)28-2)12-15-8-4-3-5-9-15/h3-11,17-18H,12-13H2,1-2H3,(H,23,25)(H3,22,24,27)/t17-,18+/m1/s1. The van der Waals surface area contributed by atoms with Gasteiger partial charge in [-0.3, -0.25) is 4.79 Å². The average Bonchev–Trinajstić information content (AvgIpc) is 2.66. The number of esters is 1. The Balaban J connectivity index is 2.11. The number of benzene rings is 2. The SMILES string of the molecule is COC(=O)[C@H](Cc1ccccc1)NC(=O)C[C@@H](NC(N)=O)c1cccc(C)c1. The molecule has 0 aliphatic carbocycles. The number of amides is 3. The topological polar surface area (TPSA) is 111 Å². The first kappa shape index (κ1) is 21.0. The van der Waals surface area contributed by atoms with Gasteiger partial charge in [-0.05, 0) is 18.1 Å². The second kappa shape index (κ2) is 10.1. The zero-order valence-electron chi connectivity index (χ0n) is 16.0. The van der Waals surface area contributed by atoms with E-state index >= 15 is 0 Å². The molecule has 0 aliphatic rings. The number of nitrogens with one attached hydrogen (secondary N) is 2. The molecule has 3 amide bonds. The van der Waals surface area contributed by atoms with Gasteiger partial charge in [0.1, 0.15) is 6.04 Å². The normalized spacial score (nSPS) is 12.5. The summed E-state index contributed by atoms with van der Waals surface area (Å²) >= 11 is 0. The van der Waals surface area contributed by atoms with E-state index in [9.17, 15) is 14.4 Å². The Morgan fingerprint density at radius 1 is 1.04 bits per heavy atom. The summed E-state index contributed by atoms with van der Waals surface area (Å²) in [6, 6.07) is 14.6. The van der Waals surface area contributed by atoms with E-state index in [2.05, 4.69) is 10.6 Å². The maximum Gasteiger partial charge on any atom is 0.328 e. The van der Waals surface area contributed by atoms with Gasteiger partial charge >= 0.3 is 12.0 Å². The lowest BCUT2D eigenvalue weighted by Gasteiger charge is -2.21. The summed E-state index contributed by atoms with van der Waals surface area (Å²) in [5.74, 6) is -0.932. The molecule has 0 spiro atoms. The fourth-order valence-corrected chi connectivity index (χ4v) is 2.93. The fraction of sp³-hybridized carbons (Fsp3) is 0.286. The number of ether oxygens (including phenoxy) is 1. The van der Waals surface area contributed by atoms with Gasteiger partial charge in [0.15, 0.2) is 0 Å². The molecule has 2 aromatic carbocycles. The van der Waals surface area contributed by atoms with Gasteiger partial charge in [0.05, 0.1) is 19.6 Å². The number of nitrogens with two attached hydrogens (primary N) is 1. The summed E-state index contributed by atoms with van der Waals surface area (Å²) in [6.45, 7) is 1.91. The highest BCUT2D eigenvalue weighted by molar-refractivity contribution is 5.85. The Morgan fingerprint density at radius 3 is 2.36 bits per heavy atom. The third kappa shape index (κ3) is 6.42. The van der Waals surface area contributed by atoms with E-state index < -0.39 is 30.0 Å². The van der Waals surface area contributed by atoms with E-state index in [0.717, 1.165) is 16.7 Å². The van der Waals surface area contributed by atoms with E-state index in [1.165, 1.54) is 7.11 Å². The maximum atomic E-state index is 12.6. The minimum Gasteiger partial charge on any atom is -0.467 e. The largest absolute Gasteiger partial charge is 0.467 e. The van der Waals surface area contributed by atoms with Gasteiger partial charge < -0.3 is 21.1 Å². The highest BCUT2D eigenvalue weighted by atomic mass is 16.5. The average molecular weight is 383 g/mol. The molecule has 0 aliphatic heterocycles. The molecule has 0 saturated carbocycles. The minimum atomic E-state index is -0.827. The second-order valence-electron chi connectivity index (χ2n) is 6.51. The third-order valence-corrected chi connectivity index (χ3v) is 4.25. The van der Waals surface area contributed by atoms with Crippen LogP contribution in [0.3, 0.4) is 0 Å². The second-order valence-corrected chi connectivity index (χ2v) is 6.51. The number of urea groups is 1. The van der Waals surface area contributed by atoms with Gasteiger partial charge in [0.25, 0.3) is 0 Å². The lowest BCUT2D eigenvalue weighted by Crippen LogP contribution is -2.44. The summed E-state index contributed by atoms with van der Waals surface area (Å²) < 4.78 is 4.81. The molecule has 0 radical (unpaired) electrons. The quantitative estimate of drug-likeness (QED) is 0.606. The molecule has 28 heavy (non-hydrogen) atoms. The molecule has 2 rings (SSSR count). The molecule has 2 atom stereocenters. The van der Waals surface area contributed by atoms with Crippen molar-refractivity contribution in [3.05, 3.63) is 71.3 Å². The summed E-state index contributed by atoms with van der Waals surface area (Å²) in [5.41, 5.74) is 7.90. The number of hydrogen-bond acceptors (Lipinski definition) is 4. The highest BCUT2D eigenvalue weighted by Gasteiger charge is 2.24. The van der Waals surface area contributed by atoms with Crippen LogP contribution in [-0.2, 0) is 20.7 Å². The number of rotatable bonds is 8. The number of carbonyl (C=O) groups excluding carboxylic acids is 3. The van der Waals surface area contributed by atoms with Gasteiger partial charge in [-0.1, -0.05) is 60.2 Å². The molecule has 2 aromatic rings. The van der Waals surface area contributed by atoms with Crippen LogP contribution in [-0.4, -0.2) is 31.1 Å². The number of methoxy groups -OCH3 is 1. The molecule has 0 fully saturated rings. The van der Waals surface area contributed by atoms with E-state index in [1.807, 2.05) is 61.5 Å². The molecular formula is C21H25N3O4. The van der Waals surface area contributed by atoms with Crippen molar-refractivity contribution >= 4 is 17.9 Å². The Labute approximate surface area is 164 Å². The van der Waals surface area contributed by atoms with Gasteiger partial charge in [0.2, 0.25) is 5.91 Å². The summed E-state index contributed by atoms with van der Waals surface area (Å²) in [5, 5.41) is 5.28. The summed E-state index contributed by atoms with van der Waals surface area (Å²) in [6.07, 6.45) is 0.242. The van der Waals surface area contributed by atoms with Crippen molar-refractivity contribution in [2.24, 2.45) is 5.73 Å². The zero-order chi connectivity index (χ0) is 20.5. The van der Waals surface area contributed by atoms with E-state index in [-0.39, 0.29) is 6.42 Å². The van der Waals surface area contributed by atoms with Crippen molar-refractivity contribution in [1.29, 1.82) is 0 Å². The molecule has 148 valence electrons. The first-order valence-electron chi connectivity index (χ1n) is 8.92. The first-order valence-corrected chi connectivity index (χ1v) is 8.92. The van der Waals surface area contributed by atoms with Crippen molar-refractivity contribution in [3.8, 4) is 0 Å². The van der Waals surface area contributed by atoms with Crippen LogP contribution in [0.4, 0.5) is 4.79 Å². The first-order chi connectivity index (χ1) is 13.4. The molecule has 7 nitrogen and oxygen atoms in total. The molecule has 0 aromatic heterocycles. The Hall–Kier alpha value is -3.35. The van der Waals surface area contributed by atoms with Crippen LogP contribution in [0.1, 0.15) is 29.2 Å². The van der Waals surface area contributed by atoms with Crippen LogP contribution in [0.25, 0.3) is 0 Å². The fourth-order valence-electron chi connectivity index (χ4n) is 2.93.